The van der Waals surface area contributed by atoms with Gasteiger partial charge in [0.15, 0.2) is 0 Å². The Morgan fingerprint density at radius 3 is 2.41 bits per heavy atom. The topological polar surface area (TPSA) is 112 Å². The molecule has 1 N–H and O–H groups in total. The smallest absolute Gasteiger partial charge is 0.338 e. The average Bonchev–Trinajstić information content (AvgIpc) is 3.28. The number of carbonyl (C=O) groups is 3. The molecule has 5 rings (SSSR count). The van der Waals surface area contributed by atoms with E-state index in [9.17, 15) is 22.8 Å². The molecule has 1 aliphatic rings. The normalized spacial score (nSPS) is 13.4. The third-order valence-corrected chi connectivity index (χ3v) is 7.10. The fraction of sp³-hybridized carbons (Fsp3) is 0.0870. The molecule has 0 saturated heterocycles. The second kappa shape index (κ2) is 7.03. The molecule has 0 spiro atoms. The second-order valence-corrected chi connectivity index (χ2v) is 8.96. The monoisotopic (exact) mass is 448 g/mol. The first kappa shape index (κ1) is 20.0. The van der Waals surface area contributed by atoms with Crippen LogP contribution in [0.2, 0.25) is 0 Å². The largest absolute Gasteiger partial charge is 0.462 e. The maximum Gasteiger partial charge on any atom is 0.338 e. The van der Waals surface area contributed by atoms with Crippen molar-refractivity contribution in [2.24, 2.45) is 0 Å². The first-order valence-electron chi connectivity index (χ1n) is 9.79. The number of ether oxygens (including phenoxy) is 1. The molecule has 0 saturated carbocycles. The number of aromatic nitrogens is 1. The van der Waals surface area contributed by atoms with Gasteiger partial charge in [-0.3, -0.25) is 14.9 Å². The number of esters is 1. The summed E-state index contributed by atoms with van der Waals surface area (Å²) in [7, 11) is -4.19. The molecule has 0 fully saturated rings. The number of benzene rings is 3. The van der Waals surface area contributed by atoms with Crippen LogP contribution in [0.1, 0.15) is 38.0 Å². The molecule has 2 heterocycles. The minimum atomic E-state index is -4.19. The number of para-hydroxylation sites is 1. The standard InChI is InChI=1S/C23H16N2O6S/c1-2-31-23(28)16-12-15-19(22(27)24-21(15)26)20-18(16)14-10-6-7-11-17(14)25(20)32(29,30)13-8-4-3-5-9-13/h3-12H,2H2,1H3,(H,24,26,27). The lowest BCUT2D eigenvalue weighted by Gasteiger charge is -2.12. The Hall–Kier alpha value is -3.98. The number of nitrogens with one attached hydrogen (secondary N) is 1. The van der Waals surface area contributed by atoms with Gasteiger partial charge >= 0.3 is 5.97 Å². The van der Waals surface area contributed by atoms with Crippen LogP contribution in [-0.4, -0.2) is 36.8 Å². The highest BCUT2D eigenvalue weighted by Crippen LogP contribution is 2.39. The predicted octanol–water partition coefficient (Wildman–Crippen LogP) is 3.09. The van der Waals surface area contributed by atoms with E-state index in [-0.39, 0.29) is 44.6 Å². The van der Waals surface area contributed by atoms with E-state index in [1.54, 1.807) is 49.4 Å². The Balaban J connectivity index is 2.04. The third kappa shape index (κ3) is 2.68. The van der Waals surface area contributed by atoms with E-state index in [2.05, 4.69) is 5.32 Å². The van der Waals surface area contributed by atoms with Gasteiger partial charge in [-0.25, -0.2) is 17.2 Å². The van der Waals surface area contributed by atoms with E-state index in [0.29, 0.717) is 5.39 Å². The van der Waals surface area contributed by atoms with Gasteiger partial charge in [0.1, 0.15) is 0 Å². The van der Waals surface area contributed by atoms with Gasteiger partial charge in [0.25, 0.3) is 21.8 Å². The zero-order chi connectivity index (χ0) is 22.6. The third-order valence-electron chi connectivity index (χ3n) is 5.37. The Kier molecular flexibility index (Phi) is 4.38. The van der Waals surface area contributed by atoms with Crippen molar-refractivity contribution in [2.45, 2.75) is 11.8 Å². The molecule has 0 bridgehead atoms. The number of imide groups is 1. The van der Waals surface area contributed by atoms with Crippen LogP contribution in [0.4, 0.5) is 0 Å². The molecule has 8 nitrogen and oxygen atoms in total. The first-order valence-corrected chi connectivity index (χ1v) is 11.2. The molecule has 9 heteroatoms. The highest BCUT2D eigenvalue weighted by Gasteiger charge is 2.37. The molecule has 0 atom stereocenters. The van der Waals surface area contributed by atoms with Gasteiger partial charge in [0.05, 0.1) is 39.2 Å². The lowest BCUT2D eigenvalue weighted by Crippen LogP contribution is -2.20. The molecule has 2 amide bonds. The van der Waals surface area contributed by atoms with Gasteiger partial charge in [-0.15, -0.1) is 0 Å². The summed E-state index contributed by atoms with van der Waals surface area (Å²) in [5.41, 5.74) is 0.103. The molecule has 0 radical (unpaired) electrons. The molecule has 0 aliphatic carbocycles. The van der Waals surface area contributed by atoms with Crippen molar-refractivity contribution in [1.29, 1.82) is 0 Å². The van der Waals surface area contributed by atoms with Crippen LogP contribution in [0.25, 0.3) is 21.8 Å². The molecule has 3 aromatic carbocycles. The van der Waals surface area contributed by atoms with Gasteiger partial charge in [-0.2, -0.15) is 0 Å². The molecule has 160 valence electrons. The van der Waals surface area contributed by atoms with Gasteiger partial charge in [0.2, 0.25) is 0 Å². The summed E-state index contributed by atoms with van der Waals surface area (Å²) in [5, 5.41) is 2.88. The molecule has 32 heavy (non-hydrogen) atoms. The van der Waals surface area contributed by atoms with E-state index in [1.807, 2.05) is 0 Å². The van der Waals surface area contributed by atoms with Gasteiger partial charge in [0, 0.05) is 10.8 Å². The van der Waals surface area contributed by atoms with Crippen molar-refractivity contribution in [3.8, 4) is 0 Å². The van der Waals surface area contributed by atoms with Crippen molar-refractivity contribution >= 4 is 49.6 Å². The summed E-state index contributed by atoms with van der Waals surface area (Å²) in [6, 6.07) is 15.7. The van der Waals surface area contributed by atoms with E-state index < -0.39 is 27.8 Å². The van der Waals surface area contributed by atoms with Crippen LogP contribution in [0.5, 0.6) is 0 Å². The Morgan fingerprint density at radius 1 is 1.00 bits per heavy atom. The number of rotatable bonds is 4. The first-order chi connectivity index (χ1) is 15.4. The molecule has 1 aliphatic heterocycles. The van der Waals surface area contributed by atoms with Gasteiger partial charge in [-0.05, 0) is 31.2 Å². The van der Waals surface area contributed by atoms with Crippen molar-refractivity contribution in [1.82, 2.24) is 9.29 Å². The molecule has 0 unspecified atom stereocenters. The lowest BCUT2D eigenvalue weighted by molar-refractivity contribution is 0.0528. The summed E-state index contributed by atoms with van der Waals surface area (Å²) in [4.78, 5) is 38.0. The summed E-state index contributed by atoms with van der Waals surface area (Å²) < 4.78 is 33.7. The van der Waals surface area contributed by atoms with Crippen LogP contribution in [-0.2, 0) is 14.8 Å². The Morgan fingerprint density at radius 2 is 1.69 bits per heavy atom. The number of carbonyl (C=O) groups excluding carboxylic acids is 3. The quantitative estimate of drug-likeness (QED) is 0.379. The van der Waals surface area contributed by atoms with Crippen LogP contribution >= 0.6 is 0 Å². The van der Waals surface area contributed by atoms with Crippen molar-refractivity contribution in [3.05, 3.63) is 77.4 Å². The van der Waals surface area contributed by atoms with Gasteiger partial charge in [-0.1, -0.05) is 36.4 Å². The summed E-state index contributed by atoms with van der Waals surface area (Å²) >= 11 is 0. The van der Waals surface area contributed by atoms with Crippen molar-refractivity contribution in [2.75, 3.05) is 6.61 Å². The summed E-state index contributed by atoms with van der Waals surface area (Å²) in [6.07, 6.45) is 0. The van der Waals surface area contributed by atoms with Crippen molar-refractivity contribution < 1.29 is 27.5 Å². The van der Waals surface area contributed by atoms with E-state index in [1.165, 1.54) is 18.2 Å². The molecular weight excluding hydrogens is 432 g/mol. The fourth-order valence-electron chi connectivity index (χ4n) is 4.09. The number of nitrogens with zero attached hydrogens (tertiary/aromatic N) is 1. The maximum atomic E-state index is 13.7. The highest BCUT2D eigenvalue weighted by molar-refractivity contribution is 7.90. The fourth-order valence-corrected chi connectivity index (χ4v) is 5.64. The summed E-state index contributed by atoms with van der Waals surface area (Å²) in [6.45, 7) is 1.73. The SMILES string of the molecule is CCOC(=O)c1cc2c(c3c1c1ccccc1n3S(=O)(=O)c1ccccc1)C(=O)NC2=O. The zero-order valence-electron chi connectivity index (χ0n) is 16.8. The lowest BCUT2D eigenvalue weighted by atomic mass is 9.98. The minimum Gasteiger partial charge on any atom is -0.462 e. The number of hydrogen-bond acceptors (Lipinski definition) is 6. The van der Waals surface area contributed by atoms with Crippen LogP contribution in [0.15, 0.2) is 65.6 Å². The van der Waals surface area contributed by atoms with E-state index >= 15 is 0 Å². The van der Waals surface area contributed by atoms with Crippen LogP contribution < -0.4 is 5.32 Å². The second-order valence-electron chi connectivity index (χ2n) is 7.17. The molecular formula is C23H16N2O6S. The van der Waals surface area contributed by atoms with E-state index in [0.717, 1.165) is 3.97 Å². The Bertz CT molecular complexity index is 1570. The van der Waals surface area contributed by atoms with Gasteiger partial charge < -0.3 is 4.74 Å². The minimum absolute atomic E-state index is 0.00247. The molecule has 4 aromatic rings. The van der Waals surface area contributed by atoms with Crippen LogP contribution in [0, 0.1) is 0 Å². The highest BCUT2D eigenvalue weighted by atomic mass is 32.2. The molecule has 1 aromatic heterocycles. The van der Waals surface area contributed by atoms with Crippen molar-refractivity contribution in [3.63, 3.8) is 0 Å². The van der Waals surface area contributed by atoms with Crippen LogP contribution in [0.3, 0.4) is 0 Å². The maximum absolute atomic E-state index is 13.7. The van der Waals surface area contributed by atoms with E-state index in [4.69, 9.17) is 4.74 Å². The zero-order valence-corrected chi connectivity index (χ0v) is 17.6. The number of fused-ring (bicyclic) bond motifs is 5. The number of hydrogen-bond donors (Lipinski definition) is 1. The number of amides is 2. The summed E-state index contributed by atoms with van der Waals surface area (Å²) in [5.74, 6) is -2.14. The Labute approximate surface area is 182 Å². The average molecular weight is 448 g/mol. The predicted molar refractivity (Wildman–Crippen MR) is 116 cm³/mol.